The molecule has 6 heteroatoms. The second-order valence-corrected chi connectivity index (χ2v) is 6.59. The van der Waals surface area contributed by atoms with Crippen molar-refractivity contribution < 1.29 is 14.3 Å². The molecule has 3 rings (SSSR count). The minimum atomic E-state index is -0.214. The summed E-state index contributed by atoms with van der Waals surface area (Å²) in [5.41, 5.74) is 2.00. The first-order chi connectivity index (χ1) is 13.1. The van der Waals surface area contributed by atoms with Gasteiger partial charge in [-0.3, -0.25) is 14.5 Å². The van der Waals surface area contributed by atoms with Crippen LogP contribution in [-0.2, 0) is 9.53 Å². The van der Waals surface area contributed by atoms with Crippen molar-refractivity contribution in [3.05, 3.63) is 65.7 Å². The van der Waals surface area contributed by atoms with Crippen LogP contribution in [-0.4, -0.2) is 49.6 Å². The minimum Gasteiger partial charge on any atom is -0.379 e. The predicted octanol–water partition coefficient (Wildman–Crippen LogP) is 2.45. The number of hydrogen-bond acceptors (Lipinski definition) is 4. The van der Waals surface area contributed by atoms with Crippen molar-refractivity contribution in [3.8, 4) is 0 Å². The number of hydrogen-bond donors (Lipinski definition) is 2. The van der Waals surface area contributed by atoms with Crippen LogP contribution in [0.25, 0.3) is 0 Å². The highest BCUT2D eigenvalue weighted by Gasteiger charge is 2.18. The number of carbonyl (C=O) groups excluding carboxylic acids is 2. The molecule has 142 valence electrons. The Morgan fingerprint density at radius 3 is 2.44 bits per heavy atom. The van der Waals surface area contributed by atoms with Crippen LogP contribution in [0.2, 0.25) is 0 Å². The number of rotatable bonds is 6. The summed E-state index contributed by atoms with van der Waals surface area (Å²) in [5, 5.41) is 5.86. The molecule has 1 fully saturated rings. The summed E-state index contributed by atoms with van der Waals surface area (Å²) in [5.74, 6) is -0.345. The number of carbonyl (C=O) groups is 2. The van der Waals surface area contributed by atoms with E-state index in [0.717, 1.165) is 18.7 Å². The lowest BCUT2D eigenvalue weighted by molar-refractivity contribution is -0.118. The van der Waals surface area contributed by atoms with Crippen LogP contribution < -0.4 is 10.6 Å². The van der Waals surface area contributed by atoms with E-state index in [4.69, 9.17) is 4.74 Å². The van der Waals surface area contributed by atoms with Gasteiger partial charge in [0.25, 0.3) is 5.91 Å². The van der Waals surface area contributed by atoms with Gasteiger partial charge in [-0.2, -0.15) is 0 Å². The Labute approximate surface area is 159 Å². The smallest absolute Gasteiger partial charge is 0.253 e. The predicted molar refractivity (Wildman–Crippen MR) is 105 cm³/mol. The maximum atomic E-state index is 12.7. The molecule has 0 spiro atoms. The van der Waals surface area contributed by atoms with Gasteiger partial charge in [-0.15, -0.1) is 0 Å². The summed E-state index contributed by atoms with van der Waals surface area (Å²) in [6, 6.07) is 16.7. The number of ether oxygens (including phenoxy) is 1. The third-order valence-electron chi connectivity index (χ3n) is 4.56. The van der Waals surface area contributed by atoms with Crippen molar-refractivity contribution in [1.82, 2.24) is 10.2 Å². The SMILES string of the molecule is C[C@H](NC(=O)c1ccccc1NC(=O)CN1CCOCC1)c1ccccc1. The van der Waals surface area contributed by atoms with Crippen LogP contribution in [0, 0.1) is 0 Å². The molecule has 27 heavy (non-hydrogen) atoms. The zero-order chi connectivity index (χ0) is 19.1. The molecule has 0 saturated carbocycles. The molecule has 2 amide bonds. The van der Waals surface area contributed by atoms with E-state index >= 15 is 0 Å². The van der Waals surface area contributed by atoms with Crippen LogP contribution in [0.1, 0.15) is 28.9 Å². The molecule has 2 N–H and O–H groups in total. The summed E-state index contributed by atoms with van der Waals surface area (Å²) in [7, 11) is 0. The molecule has 1 aliphatic heterocycles. The normalized spacial score (nSPS) is 15.7. The molecule has 1 saturated heterocycles. The third kappa shape index (κ3) is 5.39. The molecule has 2 aromatic carbocycles. The number of para-hydroxylation sites is 1. The summed E-state index contributed by atoms with van der Waals surface area (Å²) < 4.78 is 5.30. The van der Waals surface area contributed by atoms with Gasteiger partial charge in [-0.05, 0) is 24.6 Å². The monoisotopic (exact) mass is 367 g/mol. The van der Waals surface area contributed by atoms with Gasteiger partial charge in [0, 0.05) is 13.1 Å². The van der Waals surface area contributed by atoms with Crippen molar-refractivity contribution in [1.29, 1.82) is 0 Å². The van der Waals surface area contributed by atoms with Crippen molar-refractivity contribution in [2.45, 2.75) is 13.0 Å². The van der Waals surface area contributed by atoms with Gasteiger partial charge in [0.15, 0.2) is 0 Å². The van der Waals surface area contributed by atoms with Crippen LogP contribution in [0.3, 0.4) is 0 Å². The van der Waals surface area contributed by atoms with E-state index in [1.165, 1.54) is 0 Å². The Kier molecular flexibility index (Phi) is 6.57. The average Bonchev–Trinajstić information content (AvgIpc) is 2.69. The fraction of sp³-hybridized carbons (Fsp3) is 0.333. The number of amides is 2. The Balaban J connectivity index is 1.64. The molecule has 0 aliphatic carbocycles. The van der Waals surface area contributed by atoms with Crippen LogP contribution in [0.5, 0.6) is 0 Å². The van der Waals surface area contributed by atoms with Gasteiger partial charge in [-0.1, -0.05) is 42.5 Å². The van der Waals surface area contributed by atoms with Crippen molar-refractivity contribution in [3.63, 3.8) is 0 Å². The summed E-state index contributed by atoms with van der Waals surface area (Å²) in [6.45, 7) is 4.99. The molecular formula is C21H25N3O3. The molecule has 1 atom stereocenters. The molecule has 1 aliphatic rings. The van der Waals surface area contributed by atoms with Crippen LogP contribution >= 0.6 is 0 Å². The van der Waals surface area contributed by atoms with Gasteiger partial charge < -0.3 is 15.4 Å². The van der Waals surface area contributed by atoms with Crippen LogP contribution in [0.15, 0.2) is 54.6 Å². The number of nitrogens with one attached hydrogen (secondary N) is 2. The Morgan fingerprint density at radius 1 is 1.04 bits per heavy atom. The second-order valence-electron chi connectivity index (χ2n) is 6.59. The lowest BCUT2D eigenvalue weighted by Gasteiger charge is -2.26. The highest BCUT2D eigenvalue weighted by atomic mass is 16.5. The zero-order valence-electron chi connectivity index (χ0n) is 15.5. The molecule has 1 heterocycles. The Bertz CT molecular complexity index is 773. The molecular weight excluding hydrogens is 342 g/mol. The molecule has 0 radical (unpaired) electrons. The number of nitrogens with zero attached hydrogens (tertiary/aromatic N) is 1. The van der Waals surface area contributed by atoms with Crippen molar-refractivity contribution in [2.24, 2.45) is 0 Å². The largest absolute Gasteiger partial charge is 0.379 e. The average molecular weight is 367 g/mol. The molecule has 0 aromatic heterocycles. The highest BCUT2D eigenvalue weighted by Crippen LogP contribution is 2.18. The number of benzene rings is 2. The lowest BCUT2D eigenvalue weighted by Crippen LogP contribution is -2.41. The maximum Gasteiger partial charge on any atom is 0.253 e. The highest BCUT2D eigenvalue weighted by molar-refractivity contribution is 6.04. The van der Waals surface area contributed by atoms with Gasteiger partial charge in [0.1, 0.15) is 0 Å². The summed E-state index contributed by atoms with van der Waals surface area (Å²) in [4.78, 5) is 27.1. The van der Waals surface area contributed by atoms with E-state index in [0.29, 0.717) is 31.0 Å². The van der Waals surface area contributed by atoms with Gasteiger partial charge >= 0.3 is 0 Å². The standard InChI is InChI=1S/C21H25N3O3/c1-16(17-7-3-2-4-8-17)22-21(26)18-9-5-6-10-19(18)23-20(25)15-24-11-13-27-14-12-24/h2-10,16H,11-15H2,1H3,(H,22,26)(H,23,25)/t16-/m0/s1. The minimum absolute atomic E-state index is 0.129. The van der Waals surface area contributed by atoms with Crippen LogP contribution in [0.4, 0.5) is 5.69 Å². The van der Waals surface area contributed by atoms with Crippen molar-refractivity contribution >= 4 is 17.5 Å². The van der Waals surface area contributed by atoms with E-state index in [2.05, 4.69) is 10.6 Å². The van der Waals surface area contributed by atoms with Crippen molar-refractivity contribution in [2.75, 3.05) is 38.2 Å². The first kappa shape index (κ1) is 19.1. The van der Waals surface area contributed by atoms with Gasteiger partial charge in [0.2, 0.25) is 5.91 Å². The van der Waals surface area contributed by atoms with E-state index in [1.54, 1.807) is 18.2 Å². The first-order valence-electron chi connectivity index (χ1n) is 9.18. The summed E-state index contributed by atoms with van der Waals surface area (Å²) >= 11 is 0. The Hall–Kier alpha value is -2.70. The lowest BCUT2D eigenvalue weighted by atomic mass is 10.1. The Morgan fingerprint density at radius 2 is 1.70 bits per heavy atom. The first-order valence-corrected chi connectivity index (χ1v) is 9.18. The third-order valence-corrected chi connectivity index (χ3v) is 4.56. The van der Waals surface area contributed by atoms with Gasteiger partial charge in [-0.25, -0.2) is 0 Å². The summed E-state index contributed by atoms with van der Waals surface area (Å²) in [6.07, 6.45) is 0. The molecule has 2 aromatic rings. The topological polar surface area (TPSA) is 70.7 Å². The van der Waals surface area contributed by atoms with Gasteiger partial charge in [0.05, 0.1) is 37.1 Å². The zero-order valence-corrected chi connectivity index (χ0v) is 15.5. The van der Waals surface area contributed by atoms with E-state index < -0.39 is 0 Å². The van der Waals surface area contributed by atoms with E-state index in [1.807, 2.05) is 48.2 Å². The fourth-order valence-electron chi connectivity index (χ4n) is 3.04. The van der Waals surface area contributed by atoms with E-state index in [9.17, 15) is 9.59 Å². The number of anilines is 1. The molecule has 0 unspecified atom stereocenters. The van der Waals surface area contributed by atoms with E-state index in [-0.39, 0.29) is 17.9 Å². The quantitative estimate of drug-likeness (QED) is 0.823. The fourth-order valence-corrected chi connectivity index (χ4v) is 3.04. The molecule has 6 nitrogen and oxygen atoms in total. The second kappa shape index (κ2) is 9.30. The molecule has 0 bridgehead atoms. The number of morpholine rings is 1. The maximum absolute atomic E-state index is 12.7.